The smallest absolute Gasteiger partial charge is 0.306 e. The summed E-state index contributed by atoms with van der Waals surface area (Å²) in [5, 5.41) is 9.51. The van der Waals surface area contributed by atoms with Gasteiger partial charge in [0.25, 0.3) is 0 Å². The molecule has 0 spiro atoms. The Hall–Kier alpha value is -0.530. The summed E-state index contributed by atoms with van der Waals surface area (Å²) in [5.41, 5.74) is 0. The monoisotopic (exact) mass is 394 g/mol. The molecule has 1 aliphatic carbocycles. The van der Waals surface area contributed by atoms with Crippen molar-refractivity contribution >= 4 is 5.97 Å². The van der Waals surface area contributed by atoms with E-state index in [0.717, 1.165) is 31.6 Å². The SMILES string of the molecule is CCCCCCCCCCCCCCCCC(CCC1CCCCC1)C(=O)O. The van der Waals surface area contributed by atoms with E-state index in [4.69, 9.17) is 0 Å². The van der Waals surface area contributed by atoms with Crippen LogP contribution in [0.15, 0.2) is 0 Å². The minimum Gasteiger partial charge on any atom is -0.481 e. The normalized spacial score (nSPS) is 16.3. The topological polar surface area (TPSA) is 37.3 Å². The molecule has 1 N–H and O–H groups in total. The molecule has 0 radical (unpaired) electrons. The Bertz CT molecular complexity index is 346. The highest BCUT2D eigenvalue weighted by Gasteiger charge is 2.20. The van der Waals surface area contributed by atoms with E-state index in [-0.39, 0.29) is 5.92 Å². The second-order valence-corrected chi connectivity index (χ2v) is 9.50. The Kier molecular flexibility index (Phi) is 16.8. The van der Waals surface area contributed by atoms with Gasteiger partial charge < -0.3 is 5.11 Å². The number of carbonyl (C=O) groups is 1. The molecule has 0 bridgehead atoms. The van der Waals surface area contributed by atoms with E-state index in [2.05, 4.69) is 6.92 Å². The van der Waals surface area contributed by atoms with Crippen LogP contribution >= 0.6 is 0 Å². The van der Waals surface area contributed by atoms with Crippen LogP contribution in [0.1, 0.15) is 148 Å². The first-order chi connectivity index (χ1) is 13.7. The third kappa shape index (κ3) is 14.5. The zero-order chi connectivity index (χ0) is 20.3. The predicted octanol–water partition coefficient (Wildman–Crippen LogP) is 8.92. The van der Waals surface area contributed by atoms with Crippen LogP contribution in [-0.2, 0) is 4.79 Å². The first kappa shape index (κ1) is 25.5. The molecular formula is C26H50O2. The molecule has 0 aromatic heterocycles. The molecule has 1 unspecified atom stereocenters. The molecule has 0 aliphatic heterocycles. The lowest BCUT2D eigenvalue weighted by Crippen LogP contribution is -2.16. The van der Waals surface area contributed by atoms with Crippen molar-refractivity contribution in [3.63, 3.8) is 0 Å². The van der Waals surface area contributed by atoms with Gasteiger partial charge in [0.1, 0.15) is 0 Å². The zero-order valence-electron chi connectivity index (χ0n) is 19.1. The van der Waals surface area contributed by atoms with E-state index in [1.165, 1.54) is 116 Å². The van der Waals surface area contributed by atoms with E-state index in [1.807, 2.05) is 0 Å². The first-order valence-corrected chi connectivity index (χ1v) is 13.0. The van der Waals surface area contributed by atoms with Gasteiger partial charge in [-0.3, -0.25) is 4.79 Å². The van der Waals surface area contributed by atoms with Crippen LogP contribution in [0.2, 0.25) is 0 Å². The number of unbranched alkanes of at least 4 members (excludes halogenated alkanes) is 13. The van der Waals surface area contributed by atoms with Crippen molar-refractivity contribution in [2.75, 3.05) is 0 Å². The molecular weight excluding hydrogens is 344 g/mol. The van der Waals surface area contributed by atoms with Crippen molar-refractivity contribution in [1.82, 2.24) is 0 Å². The van der Waals surface area contributed by atoms with E-state index in [1.54, 1.807) is 0 Å². The lowest BCUT2D eigenvalue weighted by atomic mass is 9.83. The second kappa shape index (κ2) is 18.5. The average Bonchev–Trinajstić information content (AvgIpc) is 2.71. The summed E-state index contributed by atoms with van der Waals surface area (Å²) in [6.07, 6.45) is 28.8. The maximum absolute atomic E-state index is 11.5. The second-order valence-electron chi connectivity index (χ2n) is 9.50. The summed E-state index contributed by atoms with van der Waals surface area (Å²) in [5.74, 6) is 0.177. The Morgan fingerprint density at radius 1 is 0.714 bits per heavy atom. The molecule has 2 heteroatoms. The molecule has 1 rings (SSSR count). The van der Waals surface area contributed by atoms with Gasteiger partial charge in [-0.25, -0.2) is 0 Å². The van der Waals surface area contributed by atoms with Gasteiger partial charge in [-0.2, -0.15) is 0 Å². The fourth-order valence-corrected chi connectivity index (χ4v) is 4.89. The van der Waals surface area contributed by atoms with Gasteiger partial charge in [0.15, 0.2) is 0 Å². The summed E-state index contributed by atoms with van der Waals surface area (Å²) in [6.45, 7) is 2.28. The van der Waals surface area contributed by atoms with E-state index in [9.17, 15) is 9.90 Å². The Morgan fingerprint density at radius 3 is 1.64 bits per heavy atom. The maximum atomic E-state index is 11.5. The van der Waals surface area contributed by atoms with E-state index < -0.39 is 5.97 Å². The van der Waals surface area contributed by atoms with Crippen molar-refractivity contribution in [3.8, 4) is 0 Å². The average molecular weight is 395 g/mol. The Morgan fingerprint density at radius 2 is 1.18 bits per heavy atom. The minimum absolute atomic E-state index is 0.0840. The van der Waals surface area contributed by atoms with Crippen LogP contribution in [-0.4, -0.2) is 11.1 Å². The van der Waals surface area contributed by atoms with Gasteiger partial charge in [0.05, 0.1) is 5.92 Å². The quantitative estimate of drug-likeness (QED) is 0.222. The fourth-order valence-electron chi connectivity index (χ4n) is 4.89. The number of hydrogen-bond donors (Lipinski definition) is 1. The first-order valence-electron chi connectivity index (χ1n) is 13.0. The van der Waals surface area contributed by atoms with Gasteiger partial charge in [0.2, 0.25) is 0 Å². The predicted molar refractivity (Wildman–Crippen MR) is 122 cm³/mol. The highest BCUT2D eigenvalue weighted by atomic mass is 16.4. The van der Waals surface area contributed by atoms with E-state index in [0.29, 0.717) is 0 Å². The zero-order valence-corrected chi connectivity index (χ0v) is 19.1. The molecule has 166 valence electrons. The molecule has 0 saturated heterocycles. The number of aliphatic carboxylic acids is 1. The molecule has 0 heterocycles. The summed E-state index contributed by atoms with van der Waals surface area (Å²) in [6, 6.07) is 0. The van der Waals surface area contributed by atoms with Crippen molar-refractivity contribution < 1.29 is 9.90 Å². The number of carboxylic acids is 1. The van der Waals surface area contributed by atoms with Crippen LogP contribution in [0.25, 0.3) is 0 Å². The number of carboxylic acid groups (broad SMARTS) is 1. The third-order valence-corrected chi connectivity index (χ3v) is 6.90. The molecule has 0 aromatic carbocycles. The van der Waals surface area contributed by atoms with Crippen molar-refractivity contribution in [3.05, 3.63) is 0 Å². The van der Waals surface area contributed by atoms with Crippen molar-refractivity contribution in [2.45, 2.75) is 148 Å². The highest BCUT2D eigenvalue weighted by Crippen LogP contribution is 2.29. The fraction of sp³-hybridized carbons (Fsp3) is 0.962. The minimum atomic E-state index is -0.550. The standard InChI is InChI=1S/C26H50O2/c1-2-3-4-5-6-7-8-9-10-11-12-13-14-18-21-25(26(27)28)23-22-24-19-16-15-17-20-24/h24-25H,2-23H2,1H3,(H,27,28). The van der Waals surface area contributed by atoms with Crippen molar-refractivity contribution in [2.24, 2.45) is 11.8 Å². The number of rotatable bonds is 19. The molecule has 1 aliphatic rings. The Labute approximate surface area is 176 Å². The highest BCUT2D eigenvalue weighted by molar-refractivity contribution is 5.69. The molecule has 0 amide bonds. The van der Waals surface area contributed by atoms with Gasteiger partial charge in [-0.1, -0.05) is 129 Å². The van der Waals surface area contributed by atoms with Gasteiger partial charge in [0, 0.05) is 0 Å². The molecule has 0 aromatic rings. The summed E-state index contributed by atoms with van der Waals surface area (Å²) in [7, 11) is 0. The molecule has 1 atom stereocenters. The van der Waals surface area contributed by atoms with Gasteiger partial charge >= 0.3 is 5.97 Å². The van der Waals surface area contributed by atoms with Gasteiger partial charge in [-0.05, 0) is 25.2 Å². The lowest BCUT2D eigenvalue weighted by Gasteiger charge is -2.23. The van der Waals surface area contributed by atoms with Crippen LogP contribution in [0.4, 0.5) is 0 Å². The summed E-state index contributed by atoms with van der Waals surface area (Å²) >= 11 is 0. The van der Waals surface area contributed by atoms with Crippen LogP contribution < -0.4 is 0 Å². The third-order valence-electron chi connectivity index (χ3n) is 6.90. The molecule has 1 saturated carbocycles. The van der Waals surface area contributed by atoms with Gasteiger partial charge in [-0.15, -0.1) is 0 Å². The molecule has 28 heavy (non-hydrogen) atoms. The maximum Gasteiger partial charge on any atom is 0.306 e. The molecule has 1 fully saturated rings. The molecule has 2 nitrogen and oxygen atoms in total. The van der Waals surface area contributed by atoms with Crippen LogP contribution in [0, 0.1) is 11.8 Å². The summed E-state index contributed by atoms with van der Waals surface area (Å²) in [4.78, 5) is 11.5. The number of hydrogen-bond acceptors (Lipinski definition) is 1. The van der Waals surface area contributed by atoms with Crippen molar-refractivity contribution in [1.29, 1.82) is 0 Å². The summed E-state index contributed by atoms with van der Waals surface area (Å²) < 4.78 is 0. The Balaban J connectivity index is 1.88. The van der Waals surface area contributed by atoms with Crippen LogP contribution in [0.5, 0.6) is 0 Å². The van der Waals surface area contributed by atoms with Crippen LogP contribution in [0.3, 0.4) is 0 Å². The van der Waals surface area contributed by atoms with E-state index >= 15 is 0 Å². The largest absolute Gasteiger partial charge is 0.481 e. The lowest BCUT2D eigenvalue weighted by molar-refractivity contribution is -0.142.